The Morgan fingerprint density at radius 2 is 1.48 bits per heavy atom. The topological polar surface area (TPSA) is 54.3 Å². The molecule has 0 aliphatic heterocycles. The van der Waals surface area contributed by atoms with Crippen LogP contribution in [0.2, 0.25) is 15.1 Å². The van der Waals surface area contributed by atoms with E-state index in [1.807, 2.05) is 48.7 Å². The third-order valence-electron chi connectivity index (χ3n) is 5.29. The van der Waals surface area contributed by atoms with Gasteiger partial charge in [-0.25, -0.2) is 4.79 Å². The highest BCUT2D eigenvalue weighted by molar-refractivity contribution is 6.33. The van der Waals surface area contributed by atoms with Crippen molar-refractivity contribution in [2.45, 2.75) is 19.5 Å². The molecule has 0 atom stereocenters. The van der Waals surface area contributed by atoms with E-state index in [4.69, 9.17) is 34.8 Å². The first kappa shape index (κ1) is 23.2. The fraction of sp³-hybridized carbons (Fsp3) is 0.115. The van der Waals surface area contributed by atoms with E-state index < -0.39 is 5.97 Å². The number of halogens is 3. The van der Waals surface area contributed by atoms with Crippen LogP contribution in [-0.4, -0.2) is 15.6 Å². The summed E-state index contributed by atoms with van der Waals surface area (Å²) in [5.74, 6) is -0.950. The van der Waals surface area contributed by atoms with Gasteiger partial charge >= 0.3 is 5.97 Å². The summed E-state index contributed by atoms with van der Waals surface area (Å²) < 4.78 is 1.76. The molecule has 7 heteroatoms. The lowest BCUT2D eigenvalue weighted by Gasteiger charge is -2.09. The van der Waals surface area contributed by atoms with Crippen LogP contribution in [0.4, 0.5) is 5.69 Å². The summed E-state index contributed by atoms with van der Waals surface area (Å²) in [7, 11) is 0. The van der Waals surface area contributed by atoms with Gasteiger partial charge in [-0.3, -0.25) is 0 Å². The molecule has 3 aromatic carbocycles. The summed E-state index contributed by atoms with van der Waals surface area (Å²) in [6.45, 7) is 1.03. The standard InChI is InChI=1S/C26H21Cl3N2O2/c27-21-5-1-18(2-6-21)15-31-16-19(12-25(31)26(32)33)11-17-3-8-23(9-4-17)30-14-20-13-22(28)7-10-24(20)29/h1-10,12-13,16,30H,11,14-15H2,(H,32,33). The quantitative estimate of drug-likeness (QED) is 0.265. The number of rotatable bonds is 8. The number of carboxylic acids is 1. The van der Waals surface area contributed by atoms with Crippen molar-refractivity contribution in [3.8, 4) is 0 Å². The van der Waals surface area contributed by atoms with E-state index in [9.17, 15) is 9.90 Å². The first-order valence-electron chi connectivity index (χ1n) is 10.3. The van der Waals surface area contributed by atoms with Gasteiger partial charge in [0.1, 0.15) is 5.69 Å². The molecule has 0 radical (unpaired) electrons. The second-order valence-corrected chi connectivity index (χ2v) is 9.04. The molecular weight excluding hydrogens is 479 g/mol. The Labute approximate surface area is 207 Å². The molecule has 4 rings (SSSR count). The van der Waals surface area contributed by atoms with Gasteiger partial charge in [0.15, 0.2) is 0 Å². The Kier molecular flexibility index (Phi) is 7.29. The van der Waals surface area contributed by atoms with Crippen molar-refractivity contribution in [2.24, 2.45) is 0 Å². The Hall–Kier alpha value is -2.92. The Morgan fingerprint density at radius 3 is 2.18 bits per heavy atom. The lowest BCUT2D eigenvalue weighted by Crippen LogP contribution is -2.08. The molecule has 0 saturated heterocycles. The van der Waals surface area contributed by atoms with Gasteiger partial charge in [0, 0.05) is 40.0 Å². The smallest absolute Gasteiger partial charge is 0.352 e. The summed E-state index contributed by atoms with van der Waals surface area (Å²) in [5, 5.41) is 14.9. The number of hydrogen-bond donors (Lipinski definition) is 2. The van der Waals surface area contributed by atoms with E-state index in [0.717, 1.165) is 27.9 Å². The number of nitrogens with zero attached hydrogens (tertiary/aromatic N) is 1. The molecule has 4 nitrogen and oxygen atoms in total. The van der Waals surface area contributed by atoms with E-state index in [2.05, 4.69) is 5.32 Å². The lowest BCUT2D eigenvalue weighted by molar-refractivity contribution is 0.0685. The molecule has 0 unspecified atom stereocenters. The minimum absolute atomic E-state index is 0.261. The number of carboxylic acid groups (broad SMARTS) is 1. The van der Waals surface area contributed by atoms with Crippen LogP contribution in [0.25, 0.3) is 0 Å². The number of aromatic carboxylic acids is 1. The second kappa shape index (κ2) is 10.3. The molecule has 0 fully saturated rings. The molecule has 0 aliphatic carbocycles. The number of aromatic nitrogens is 1. The van der Waals surface area contributed by atoms with Gasteiger partial charge in [0.25, 0.3) is 0 Å². The second-order valence-electron chi connectivity index (χ2n) is 7.76. The van der Waals surface area contributed by atoms with Crippen molar-refractivity contribution in [1.82, 2.24) is 4.57 Å². The van der Waals surface area contributed by atoms with Crippen molar-refractivity contribution in [2.75, 3.05) is 5.32 Å². The summed E-state index contributed by atoms with van der Waals surface area (Å²) in [5.41, 5.74) is 5.16. The van der Waals surface area contributed by atoms with Crippen LogP contribution in [0.5, 0.6) is 0 Å². The summed E-state index contributed by atoms with van der Waals surface area (Å²) in [4.78, 5) is 11.7. The predicted octanol–water partition coefficient (Wildman–Crippen LogP) is 7.40. The average Bonchev–Trinajstić information content (AvgIpc) is 3.19. The number of benzene rings is 3. The van der Waals surface area contributed by atoms with Crippen LogP contribution < -0.4 is 5.32 Å². The predicted molar refractivity (Wildman–Crippen MR) is 135 cm³/mol. The lowest BCUT2D eigenvalue weighted by atomic mass is 10.1. The number of anilines is 1. The number of carbonyl (C=O) groups is 1. The van der Waals surface area contributed by atoms with E-state index in [1.54, 1.807) is 34.9 Å². The van der Waals surface area contributed by atoms with Crippen LogP contribution in [-0.2, 0) is 19.5 Å². The minimum atomic E-state index is -0.950. The van der Waals surface area contributed by atoms with E-state index in [1.165, 1.54) is 0 Å². The fourth-order valence-corrected chi connectivity index (χ4v) is 4.12. The fourth-order valence-electron chi connectivity index (χ4n) is 3.62. The first-order chi connectivity index (χ1) is 15.9. The Balaban J connectivity index is 1.43. The Morgan fingerprint density at radius 1 is 0.818 bits per heavy atom. The zero-order chi connectivity index (χ0) is 23.4. The van der Waals surface area contributed by atoms with Gasteiger partial charge in [-0.1, -0.05) is 59.1 Å². The highest BCUT2D eigenvalue weighted by Crippen LogP contribution is 2.23. The maximum absolute atomic E-state index is 11.7. The zero-order valence-electron chi connectivity index (χ0n) is 17.6. The van der Waals surface area contributed by atoms with Crippen LogP contribution in [0.3, 0.4) is 0 Å². The van der Waals surface area contributed by atoms with Crippen molar-refractivity contribution in [3.63, 3.8) is 0 Å². The van der Waals surface area contributed by atoms with E-state index in [0.29, 0.717) is 34.6 Å². The normalized spacial score (nSPS) is 10.9. The van der Waals surface area contributed by atoms with Crippen LogP contribution in [0, 0.1) is 0 Å². The summed E-state index contributed by atoms with van der Waals surface area (Å²) >= 11 is 18.2. The number of hydrogen-bond acceptors (Lipinski definition) is 2. The van der Waals surface area contributed by atoms with Gasteiger partial charge in [-0.05, 0) is 77.2 Å². The van der Waals surface area contributed by atoms with Crippen molar-refractivity contribution in [3.05, 3.63) is 122 Å². The Bertz CT molecular complexity index is 1270. The largest absolute Gasteiger partial charge is 0.477 e. The third kappa shape index (κ3) is 6.11. The van der Waals surface area contributed by atoms with Crippen LogP contribution in [0.1, 0.15) is 32.7 Å². The highest BCUT2D eigenvalue weighted by Gasteiger charge is 2.13. The van der Waals surface area contributed by atoms with Crippen molar-refractivity contribution >= 4 is 46.5 Å². The molecule has 2 N–H and O–H groups in total. The minimum Gasteiger partial charge on any atom is -0.477 e. The van der Waals surface area contributed by atoms with Gasteiger partial charge in [0.05, 0.1) is 0 Å². The van der Waals surface area contributed by atoms with Crippen molar-refractivity contribution in [1.29, 1.82) is 0 Å². The molecule has 1 aromatic heterocycles. The molecule has 0 saturated carbocycles. The average molecular weight is 500 g/mol. The van der Waals surface area contributed by atoms with Gasteiger partial charge in [0.2, 0.25) is 0 Å². The van der Waals surface area contributed by atoms with Gasteiger partial charge in [-0.2, -0.15) is 0 Å². The van der Waals surface area contributed by atoms with Crippen LogP contribution >= 0.6 is 34.8 Å². The molecule has 0 bridgehead atoms. The molecule has 33 heavy (non-hydrogen) atoms. The molecular formula is C26H21Cl3N2O2. The first-order valence-corrected chi connectivity index (χ1v) is 11.4. The molecule has 0 spiro atoms. The van der Waals surface area contributed by atoms with Gasteiger partial charge < -0.3 is 15.0 Å². The third-order valence-corrected chi connectivity index (χ3v) is 6.15. The van der Waals surface area contributed by atoms with Gasteiger partial charge in [-0.15, -0.1) is 0 Å². The van der Waals surface area contributed by atoms with E-state index in [-0.39, 0.29) is 5.69 Å². The van der Waals surface area contributed by atoms with E-state index >= 15 is 0 Å². The van der Waals surface area contributed by atoms with Crippen LogP contribution in [0.15, 0.2) is 79.0 Å². The number of nitrogens with one attached hydrogen (secondary N) is 1. The molecule has 0 amide bonds. The SMILES string of the molecule is O=C(O)c1cc(Cc2ccc(NCc3cc(Cl)ccc3Cl)cc2)cn1Cc1ccc(Cl)cc1. The monoisotopic (exact) mass is 498 g/mol. The highest BCUT2D eigenvalue weighted by atomic mass is 35.5. The summed E-state index contributed by atoms with van der Waals surface area (Å²) in [6.07, 6.45) is 2.53. The molecule has 1 heterocycles. The molecule has 0 aliphatic rings. The maximum atomic E-state index is 11.7. The maximum Gasteiger partial charge on any atom is 0.352 e. The summed E-state index contributed by atoms with van der Waals surface area (Å²) in [6, 6.07) is 22.6. The molecule has 4 aromatic rings. The zero-order valence-corrected chi connectivity index (χ0v) is 19.8. The molecule has 168 valence electrons. The van der Waals surface area contributed by atoms with Crippen molar-refractivity contribution < 1.29 is 9.90 Å².